The summed E-state index contributed by atoms with van der Waals surface area (Å²) in [5.41, 5.74) is 6.51. The Morgan fingerprint density at radius 2 is 2.31 bits per heavy atom. The van der Waals surface area contributed by atoms with Gasteiger partial charge in [-0.05, 0) is 25.0 Å². The summed E-state index contributed by atoms with van der Waals surface area (Å²) >= 11 is 0. The van der Waals surface area contributed by atoms with E-state index in [1.165, 1.54) is 0 Å². The van der Waals surface area contributed by atoms with Crippen LogP contribution in [0.3, 0.4) is 0 Å². The van der Waals surface area contributed by atoms with Gasteiger partial charge in [-0.1, -0.05) is 0 Å². The summed E-state index contributed by atoms with van der Waals surface area (Å²) in [6.07, 6.45) is 3.12. The number of hydrogen-bond acceptors (Lipinski definition) is 4. The van der Waals surface area contributed by atoms with Crippen LogP contribution in [0.5, 0.6) is 0 Å². The highest BCUT2D eigenvalue weighted by Gasteiger charge is 2.27. The van der Waals surface area contributed by atoms with Gasteiger partial charge in [0.05, 0.1) is 11.8 Å². The quantitative estimate of drug-likeness (QED) is 0.621. The number of nitrogens with one attached hydrogen (secondary N) is 1. The third-order valence-electron chi connectivity index (χ3n) is 2.31. The molecule has 0 unspecified atom stereocenters. The number of aliphatic hydroxyl groups excluding tert-OH is 1. The molecule has 4 nitrogen and oxygen atoms in total. The lowest BCUT2D eigenvalue weighted by Gasteiger charge is -2.32. The molecular weight excluding hydrogens is 166 g/mol. The van der Waals surface area contributed by atoms with Gasteiger partial charge in [-0.2, -0.15) is 0 Å². The maximum Gasteiger partial charge on any atom is 0.146 e. The number of hydrogen-bond donors (Lipinski definition) is 3. The molecule has 0 amide bonds. The maximum absolute atomic E-state index is 9.08. The monoisotopic (exact) mass is 179 g/mol. The summed E-state index contributed by atoms with van der Waals surface area (Å²) in [6, 6.07) is 4.09. The zero-order chi connectivity index (χ0) is 9.26. The molecule has 1 fully saturated rings. The Labute approximate surface area is 76.8 Å². The smallest absolute Gasteiger partial charge is 0.146 e. The Morgan fingerprint density at radius 3 is 2.92 bits per heavy atom. The van der Waals surface area contributed by atoms with Crippen LogP contribution in [-0.2, 0) is 0 Å². The number of rotatable bonds is 2. The Balaban J connectivity index is 1.98. The van der Waals surface area contributed by atoms with E-state index in [4.69, 9.17) is 10.8 Å². The number of anilines is 2. The van der Waals surface area contributed by atoms with Gasteiger partial charge in [0, 0.05) is 12.2 Å². The van der Waals surface area contributed by atoms with Crippen LogP contribution in [0.4, 0.5) is 11.5 Å². The molecule has 13 heavy (non-hydrogen) atoms. The van der Waals surface area contributed by atoms with E-state index < -0.39 is 0 Å². The van der Waals surface area contributed by atoms with Crippen molar-refractivity contribution in [2.24, 2.45) is 0 Å². The van der Waals surface area contributed by atoms with E-state index in [1.807, 2.05) is 12.1 Å². The zero-order valence-electron chi connectivity index (χ0n) is 7.27. The minimum absolute atomic E-state index is 0.143. The van der Waals surface area contributed by atoms with Crippen molar-refractivity contribution in [2.75, 3.05) is 11.1 Å². The molecule has 0 radical (unpaired) electrons. The van der Waals surface area contributed by atoms with Gasteiger partial charge < -0.3 is 16.2 Å². The fourth-order valence-electron chi connectivity index (χ4n) is 1.47. The summed E-state index contributed by atoms with van der Waals surface area (Å²) in [5, 5.41) is 12.3. The number of nitrogens with two attached hydrogens (primary N) is 1. The fraction of sp³-hybridized carbons (Fsp3) is 0.444. The molecule has 0 bridgehead atoms. The lowest BCUT2D eigenvalue weighted by atomic mass is 9.89. The summed E-state index contributed by atoms with van der Waals surface area (Å²) in [4.78, 5) is 3.96. The lowest BCUT2D eigenvalue weighted by Crippen LogP contribution is -2.39. The van der Waals surface area contributed by atoms with Gasteiger partial charge in [-0.15, -0.1) is 0 Å². The van der Waals surface area contributed by atoms with Crippen LogP contribution >= 0.6 is 0 Å². The summed E-state index contributed by atoms with van der Waals surface area (Å²) in [6.45, 7) is 0. The molecule has 4 N–H and O–H groups in total. The molecule has 1 aromatic heterocycles. The predicted octanol–water partition coefficient (Wildman–Crippen LogP) is 0.599. The average Bonchev–Trinajstić information content (AvgIpc) is 2.06. The van der Waals surface area contributed by atoms with E-state index in [0.29, 0.717) is 11.9 Å². The standard InChI is InChI=1S/C9H13N3O/c10-9-8(2-1-3-11-9)12-6-4-7(13)5-6/h1-3,6-7,12-13H,4-5H2,(H2,10,11). The molecule has 1 saturated carbocycles. The van der Waals surface area contributed by atoms with Crippen molar-refractivity contribution in [1.29, 1.82) is 0 Å². The van der Waals surface area contributed by atoms with E-state index >= 15 is 0 Å². The van der Waals surface area contributed by atoms with Crippen LogP contribution in [-0.4, -0.2) is 22.2 Å². The van der Waals surface area contributed by atoms with Crippen molar-refractivity contribution in [3.63, 3.8) is 0 Å². The molecule has 1 aromatic rings. The average molecular weight is 179 g/mol. The molecular formula is C9H13N3O. The Kier molecular flexibility index (Phi) is 2.06. The molecule has 0 spiro atoms. The van der Waals surface area contributed by atoms with E-state index in [0.717, 1.165) is 18.5 Å². The largest absolute Gasteiger partial charge is 0.393 e. The zero-order valence-corrected chi connectivity index (χ0v) is 7.27. The molecule has 0 atom stereocenters. The summed E-state index contributed by atoms with van der Waals surface area (Å²) in [5.74, 6) is 0.517. The van der Waals surface area contributed by atoms with Crippen LogP contribution in [0.25, 0.3) is 0 Å². The van der Waals surface area contributed by atoms with Crippen molar-refractivity contribution >= 4 is 11.5 Å². The summed E-state index contributed by atoms with van der Waals surface area (Å²) in [7, 11) is 0. The molecule has 4 heteroatoms. The number of pyridine rings is 1. The molecule has 2 rings (SSSR count). The van der Waals surface area contributed by atoms with Crippen molar-refractivity contribution in [2.45, 2.75) is 25.0 Å². The molecule has 0 aromatic carbocycles. The first-order valence-corrected chi connectivity index (χ1v) is 4.41. The highest BCUT2D eigenvalue weighted by molar-refractivity contribution is 5.61. The minimum Gasteiger partial charge on any atom is -0.393 e. The molecule has 1 heterocycles. The van der Waals surface area contributed by atoms with Crippen LogP contribution in [0.1, 0.15) is 12.8 Å². The predicted molar refractivity (Wildman–Crippen MR) is 51.3 cm³/mol. The van der Waals surface area contributed by atoms with Gasteiger partial charge in [0.1, 0.15) is 5.82 Å². The van der Waals surface area contributed by atoms with Crippen LogP contribution in [0.2, 0.25) is 0 Å². The van der Waals surface area contributed by atoms with Crippen molar-refractivity contribution < 1.29 is 5.11 Å². The molecule has 0 saturated heterocycles. The third-order valence-corrected chi connectivity index (χ3v) is 2.31. The maximum atomic E-state index is 9.08. The number of aromatic nitrogens is 1. The second-order valence-corrected chi connectivity index (χ2v) is 3.40. The minimum atomic E-state index is -0.143. The van der Waals surface area contributed by atoms with E-state index in [1.54, 1.807) is 6.20 Å². The van der Waals surface area contributed by atoms with Crippen LogP contribution in [0.15, 0.2) is 18.3 Å². The molecule has 1 aliphatic rings. The second kappa shape index (κ2) is 3.22. The van der Waals surface area contributed by atoms with Gasteiger partial charge in [-0.25, -0.2) is 4.98 Å². The lowest BCUT2D eigenvalue weighted by molar-refractivity contribution is 0.0837. The van der Waals surface area contributed by atoms with E-state index in [9.17, 15) is 0 Å². The van der Waals surface area contributed by atoms with Crippen LogP contribution in [0, 0.1) is 0 Å². The first-order valence-electron chi connectivity index (χ1n) is 4.41. The third kappa shape index (κ3) is 1.72. The number of nitrogens with zero attached hydrogens (tertiary/aromatic N) is 1. The second-order valence-electron chi connectivity index (χ2n) is 3.40. The topological polar surface area (TPSA) is 71.2 Å². The Morgan fingerprint density at radius 1 is 1.54 bits per heavy atom. The van der Waals surface area contributed by atoms with Crippen molar-refractivity contribution in [1.82, 2.24) is 4.98 Å². The van der Waals surface area contributed by atoms with Gasteiger partial charge in [0.15, 0.2) is 0 Å². The van der Waals surface area contributed by atoms with E-state index in [-0.39, 0.29) is 6.10 Å². The van der Waals surface area contributed by atoms with Gasteiger partial charge in [-0.3, -0.25) is 0 Å². The Bertz CT molecular complexity index is 297. The van der Waals surface area contributed by atoms with Crippen molar-refractivity contribution in [3.05, 3.63) is 18.3 Å². The first-order chi connectivity index (χ1) is 6.25. The van der Waals surface area contributed by atoms with Crippen molar-refractivity contribution in [3.8, 4) is 0 Å². The normalized spacial score (nSPS) is 26.5. The highest BCUT2D eigenvalue weighted by atomic mass is 16.3. The Hall–Kier alpha value is -1.29. The first kappa shape index (κ1) is 8.31. The number of nitrogen functional groups attached to an aromatic ring is 1. The number of aliphatic hydroxyl groups is 1. The molecule has 1 aliphatic carbocycles. The van der Waals surface area contributed by atoms with Gasteiger partial charge in [0.25, 0.3) is 0 Å². The van der Waals surface area contributed by atoms with Crippen LogP contribution < -0.4 is 11.1 Å². The highest BCUT2D eigenvalue weighted by Crippen LogP contribution is 2.25. The fourth-order valence-corrected chi connectivity index (χ4v) is 1.47. The molecule has 0 aliphatic heterocycles. The van der Waals surface area contributed by atoms with Gasteiger partial charge in [0.2, 0.25) is 0 Å². The SMILES string of the molecule is Nc1ncccc1NC1CC(O)C1. The summed E-state index contributed by atoms with van der Waals surface area (Å²) < 4.78 is 0. The van der Waals surface area contributed by atoms with E-state index in [2.05, 4.69) is 10.3 Å². The molecule has 70 valence electrons. The van der Waals surface area contributed by atoms with Gasteiger partial charge >= 0.3 is 0 Å².